The molecule has 1 saturated heterocycles. The Hall–Kier alpha value is -1.85. The van der Waals surface area contributed by atoms with Crippen molar-refractivity contribution < 1.29 is 14.3 Å². The monoisotopic (exact) mass is 316 g/mol. The van der Waals surface area contributed by atoms with E-state index in [-0.39, 0.29) is 11.9 Å². The van der Waals surface area contributed by atoms with Crippen molar-refractivity contribution in [3.63, 3.8) is 0 Å². The van der Waals surface area contributed by atoms with Crippen molar-refractivity contribution in [1.29, 1.82) is 0 Å². The van der Waals surface area contributed by atoms with Gasteiger partial charge in [0.05, 0.1) is 25.9 Å². The normalized spacial score (nSPS) is 22.2. The second-order valence-corrected chi connectivity index (χ2v) is 5.91. The maximum absolute atomic E-state index is 12.2. The molecule has 0 aromatic heterocycles. The van der Waals surface area contributed by atoms with Crippen molar-refractivity contribution in [3.05, 3.63) is 42.0 Å². The van der Waals surface area contributed by atoms with E-state index in [1.165, 1.54) is 0 Å². The fraction of sp³-hybridized carbons (Fsp3) is 0.500. The third-order valence-electron chi connectivity index (χ3n) is 4.24. The summed E-state index contributed by atoms with van der Waals surface area (Å²) in [5.41, 5.74) is 1.07. The van der Waals surface area contributed by atoms with E-state index in [1.807, 2.05) is 30.3 Å². The molecule has 5 nitrogen and oxygen atoms in total. The van der Waals surface area contributed by atoms with Crippen LogP contribution in [0.1, 0.15) is 24.4 Å². The Morgan fingerprint density at radius 1 is 1.26 bits per heavy atom. The molecule has 2 aliphatic rings. The van der Waals surface area contributed by atoms with Crippen LogP contribution in [0, 0.1) is 0 Å². The van der Waals surface area contributed by atoms with Gasteiger partial charge in [-0.25, -0.2) is 0 Å². The topological polar surface area (TPSA) is 50.8 Å². The third-order valence-corrected chi connectivity index (χ3v) is 4.24. The molecule has 0 aliphatic carbocycles. The van der Waals surface area contributed by atoms with Crippen LogP contribution in [0.15, 0.2) is 36.4 Å². The molecule has 1 aromatic rings. The minimum Gasteiger partial charge on any atom is -0.493 e. The average molecular weight is 316 g/mol. The van der Waals surface area contributed by atoms with Gasteiger partial charge in [0.25, 0.3) is 0 Å². The molecule has 1 atom stereocenters. The molecule has 1 N–H and O–H groups in total. The second kappa shape index (κ2) is 8.13. The van der Waals surface area contributed by atoms with Crippen LogP contribution in [0.4, 0.5) is 0 Å². The Labute approximate surface area is 137 Å². The number of amides is 1. The highest BCUT2D eigenvalue weighted by molar-refractivity contribution is 5.87. The maximum Gasteiger partial charge on any atom is 0.244 e. The molecule has 5 heteroatoms. The van der Waals surface area contributed by atoms with Crippen LogP contribution in [0.5, 0.6) is 5.75 Å². The van der Waals surface area contributed by atoms with Gasteiger partial charge in [-0.15, -0.1) is 0 Å². The first-order valence-electron chi connectivity index (χ1n) is 8.32. The number of benzene rings is 1. The van der Waals surface area contributed by atoms with Crippen LogP contribution in [0.3, 0.4) is 0 Å². The molecular formula is C18H24N2O3. The van der Waals surface area contributed by atoms with E-state index < -0.39 is 0 Å². The number of para-hydroxylation sites is 1. The van der Waals surface area contributed by atoms with Gasteiger partial charge in [-0.2, -0.15) is 0 Å². The summed E-state index contributed by atoms with van der Waals surface area (Å²) in [4.78, 5) is 14.5. The molecule has 124 valence electrons. The van der Waals surface area contributed by atoms with Crippen molar-refractivity contribution in [2.24, 2.45) is 0 Å². The van der Waals surface area contributed by atoms with E-state index in [0.29, 0.717) is 6.61 Å². The van der Waals surface area contributed by atoms with Crippen LogP contribution < -0.4 is 10.1 Å². The van der Waals surface area contributed by atoms with Gasteiger partial charge in [-0.05, 0) is 18.9 Å². The summed E-state index contributed by atoms with van der Waals surface area (Å²) in [5, 5.41) is 3.10. The Bertz CT molecular complexity index is 553. The van der Waals surface area contributed by atoms with E-state index >= 15 is 0 Å². The molecule has 1 fully saturated rings. The Kier molecular flexibility index (Phi) is 5.66. The van der Waals surface area contributed by atoms with Crippen LogP contribution in [0.25, 0.3) is 0 Å². The molecule has 1 amide bonds. The van der Waals surface area contributed by atoms with E-state index in [0.717, 1.165) is 57.0 Å². The lowest BCUT2D eigenvalue weighted by molar-refractivity contribution is -0.117. The second-order valence-electron chi connectivity index (χ2n) is 5.91. The number of rotatable bonds is 4. The molecule has 23 heavy (non-hydrogen) atoms. The van der Waals surface area contributed by atoms with Gasteiger partial charge in [0, 0.05) is 31.3 Å². The van der Waals surface area contributed by atoms with Crippen molar-refractivity contribution in [3.8, 4) is 5.75 Å². The first-order valence-corrected chi connectivity index (χ1v) is 8.32. The fourth-order valence-electron chi connectivity index (χ4n) is 2.99. The van der Waals surface area contributed by atoms with Crippen molar-refractivity contribution >= 4 is 5.91 Å². The molecule has 2 heterocycles. The molecule has 1 aromatic carbocycles. The number of fused-ring (bicyclic) bond motifs is 1. The molecule has 2 aliphatic heterocycles. The number of carbonyl (C=O) groups excluding carboxylic acids is 1. The maximum atomic E-state index is 12.2. The number of morpholine rings is 1. The summed E-state index contributed by atoms with van der Waals surface area (Å²) < 4.78 is 11.0. The highest BCUT2D eigenvalue weighted by Gasteiger charge is 2.20. The summed E-state index contributed by atoms with van der Waals surface area (Å²) in [6.07, 6.45) is 5.42. The number of nitrogens with zero attached hydrogens (tertiary/aromatic N) is 1. The molecule has 1 unspecified atom stereocenters. The van der Waals surface area contributed by atoms with Gasteiger partial charge in [0.15, 0.2) is 0 Å². The van der Waals surface area contributed by atoms with Gasteiger partial charge in [0.1, 0.15) is 5.75 Å². The van der Waals surface area contributed by atoms with Crippen LogP contribution in [-0.2, 0) is 9.53 Å². The van der Waals surface area contributed by atoms with E-state index in [2.05, 4.69) is 10.2 Å². The quantitative estimate of drug-likeness (QED) is 0.862. The zero-order valence-electron chi connectivity index (χ0n) is 13.4. The lowest BCUT2D eigenvalue weighted by Crippen LogP contribution is -2.36. The summed E-state index contributed by atoms with van der Waals surface area (Å²) >= 11 is 0. The van der Waals surface area contributed by atoms with Crippen molar-refractivity contribution in [1.82, 2.24) is 10.2 Å². The highest BCUT2D eigenvalue weighted by Crippen LogP contribution is 2.30. The lowest BCUT2D eigenvalue weighted by Gasteiger charge is -2.25. The van der Waals surface area contributed by atoms with E-state index in [1.54, 1.807) is 6.08 Å². The minimum absolute atomic E-state index is 0.0224. The lowest BCUT2D eigenvalue weighted by atomic mass is 10.0. The van der Waals surface area contributed by atoms with E-state index in [4.69, 9.17) is 9.47 Å². The van der Waals surface area contributed by atoms with Crippen molar-refractivity contribution in [2.75, 3.05) is 39.5 Å². The first-order chi connectivity index (χ1) is 11.3. The smallest absolute Gasteiger partial charge is 0.244 e. The molecule has 0 radical (unpaired) electrons. The number of hydrogen-bond acceptors (Lipinski definition) is 4. The average Bonchev–Trinajstić information content (AvgIpc) is 2.78. The van der Waals surface area contributed by atoms with Gasteiger partial charge in [0.2, 0.25) is 5.91 Å². The molecule has 0 spiro atoms. The molecule has 3 rings (SSSR count). The summed E-state index contributed by atoms with van der Waals surface area (Å²) in [6, 6.07) is 7.97. The van der Waals surface area contributed by atoms with Crippen LogP contribution in [0.2, 0.25) is 0 Å². The number of nitrogens with one attached hydrogen (secondary N) is 1. The predicted octanol–water partition coefficient (Wildman–Crippen LogP) is 1.90. The zero-order valence-corrected chi connectivity index (χ0v) is 13.4. The van der Waals surface area contributed by atoms with Crippen LogP contribution >= 0.6 is 0 Å². The van der Waals surface area contributed by atoms with Crippen LogP contribution in [-0.4, -0.2) is 50.3 Å². The van der Waals surface area contributed by atoms with Gasteiger partial charge < -0.3 is 14.8 Å². The fourth-order valence-corrected chi connectivity index (χ4v) is 2.99. The standard InChI is InChI=1S/C18H24N2O3/c21-18(8-3-9-20-10-13-22-14-11-20)19-16-6-4-12-23-17-7-2-1-5-15(16)17/h1-3,5,7-8,16H,4,6,9-14H2,(H,19,21)/b8-3+. The summed E-state index contributed by atoms with van der Waals surface area (Å²) in [6.45, 7) is 4.91. The Morgan fingerprint density at radius 3 is 2.96 bits per heavy atom. The SMILES string of the molecule is O=C(/C=C/CN1CCOCC1)NC1CCCOc2ccccc21. The highest BCUT2D eigenvalue weighted by atomic mass is 16.5. The first kappa shape index (κ1) is 16.0. The van der Waals surface area contributed by atoms with Gasteiger partial charge in [-0.3, -0.25) is 9.69 Å². The largest absolute Gasteiger partial charge is 0.493 e. The zero-order chi connectivity index (χ0) is 15.9. The Morgan fingerprint density at radius 2 is 2.09 bits per heavy atom. The minimum atomic E-state index is -0.0417. The summed E-state index contributed by atoms with van der Waals surface area (Å²) in [5.74, 6) is 0.840. The number of hydrogen-bond donors (Lipinski definition) is 1. The number of ether oxygens (including phenoxy) is 2. The van der Waals surface area contributed by atoms with Crippen molar-refractivity contribution in [2.45, 2.75) is 18.9 Å². The molecule has 0 bridgehead atoms. The Balaban J connectivity index is 1.54. The molecular weight excluding hydrogens is 292 g/mol. The number of carbonyl (C=O) groups is 1. The van der Waals surface area contributed by atoms with Gasteiger partial charge in [-0.1, -0.05) is 24.3 Å². The van der Waals surface area contributed by atoms with Gasteiger partial charge >= 0.3 is 0 Å². The predicted molar refractivity (Wildman–Crippen MR) is 88.5 cm³/mol. The third kappa shape index (κ3) is 4.56. The molecule has 0 saturated carbocycles. The summed E-state index contributed by atoms with van der Waals surface area (Å²) in [7, 11) is 0. The van der Waals surface area contributed by atoms with E-state index in [9.17, 15) is 4.79 Å².